The molecule has 0 saturated carbocycles. The van der Waals surface area contributed by atoms with E-state index in [0.717, 1.165) is 36.1 Å². The number of hydrogen-bond acceptors (Lipinski definition) is 3. The van der Waals surface area contributed by atoms with Gasteiger partial charge in [0.05, 0.1) is 12.7 Å². The number of hydrogen-bond donors (Lipinski definition) is 1. The van der Waals surface area contributed by atoms with E-state index in [-0.39, 0.29) is 0 Å². The lowest BCUT2D eigenvalue weighted by atomic mass is 10.1. The first-order valence-corrected chi connectivity index (χ1v) is 6.06. The van der Waals surface area contributed by atoms with Gasteiger partial charge in [0, 0.05) is 6.20 Å². The van der Waals surface area contributed by atoms with Gasteiger partial charge in [-0.15, -0.1) is 0 Å². The molecule has 0 atom stereocenters. The van der Waals surface area contributed by atoms with Crippen molar-refractivity contribution in [2.75, 3.05) is 13.1 Å². The summed E-state index contributed by atoms with van der Waals surface area (Å²) in [6, 6.07) is 3.99. The van der Waals surface area contributed by atoms with Crippen LogP contribution in [0.25, 0.3) is 0 Å². The van der Waals surface area contributed by atoms with Crippen molar-refractivity contribution < 1.29 is 4.74 Å². The molecule has 82 valence electrons. The minimum absolute atomic E-state index is 0.412. The number of nitrogens with zero attached hydrogens (tertiary/aromatic N) is 1. The van der Waals surface area contributed by atoms with Gasteiger partial charge in [-0.1, -0.05) is 6.07 Å². The molecule has 1 aromatic rings. The number of pyridine rings is 1. The van der Waals surface area contributed by atoms with E-state index in [4.69, 9.17) is 4.74 Å². The molecule has 0 aliphatic carbocycles. The summed E-state index contributed by atoms with van der Waals surface area (Å²) in [5, 5.41) is 3.32. The molecule has 15 heavy (non-hydrogen) atoms. The van der Waals surface area contributed by atoms with E-state index < -0.39 is 0 Å². The summed E-state index contributed by atoms with van der Waals surface area (Å²) in [6.45, 7) is 2.82. The van der Waals surface area contributed by atoms with Crippen LogP contribution in [0, 0.1) is 0 Å². The molecule has 0 unspecified atom stereocenters. The summed E-state index contributed by atoms with van der Waals surface area (Å²) in [5.74, 6) is 0. The zero-order chi connectivity index (χ0) is 10.5. The highest BCUT2D eigenvalue weighted by atomic mass is 79.9. The largest absolute Gasteiger partial charge is 0.373 e. The Hall–Kier alpha value is -0.450. The van der Waals surface area contributed by atoms with E-state index in [9.17, 15) is 0 Å². The highest BCUT2D eigenvalue weighted by Crippen LogP contribution is 2.12. The maximum atomic E-state index is 5.81. The Balaban J connectivity index is 1.79. The van der Waals surface area contributed by atoms with E-state index in [1.165, 1.54) is 0 Å². The lowest BCUT2D eigenvalue weighted by Crippen LogP contribution is -2.32. The maximum absolute atomic E-state index is 5.81. The van der Waals surface area contributed by atoms with Gasteiger partial charge in [-0.05, 0) is 53.5 Å². The van der Waals surface area contributed by atoms with Crippen molar-refractivity contribution in [1.29, 1.82) is 0 Å². The van der Waals surface area contributed by atoms with Gasteiger partial charge in [0.2, 0.25) is 0 Å². The van der Waals surface area contributed by atoms with Gasteiger partial charge in [0.1, 0.15) is 4.60 Å². The summed E-state index contributed by atoms with van der Waals surface area (Å²) in [5.41, 5.74) is 1.14. The smallest absolute Gasteiger partial charge is 0.106 e. The van der Waals surface area contributed by atoms with Crippen molar-refractivity contribution in [1.82, 2.24) is 10.3 Å². The number of nitrogens with one attached hydrogen (secondary N) is 1. The second kappa shape index (κ2) is 5.58. The molecule has 0 amide bonds. The summed E-state index contributed by atoms with van der Waals surface area (Å²) in [6.07, 6.45) is 4.49. The van der Waals surface area contributed by atoms with Gasteiger partial charge >= 0.3 is 0 Å². The first-order valence-electron chi connectivity index (χ1n) is 5.27. The summed E-state index contributed by atoms with van der Waals surface area (Å²) in [4.78, 5) is 4.17. The Bertz CT molecular complexity index is 296. The standard InChI is InChI=1S/C11H15BrN2O/c12-11-2-1-9(7-14-11)8-15-10-3-5-13-6-4-10/h1-2,7,10,13H,3-6,8H2. The molecule has 2 heterocycles. The number of rotatable bonds is 3. The highest BCUT2D eigenvalue weighted by molar-refractivity contribution is 9.10. The van der Waals surface area contributed by atoms with Crippen LogP contribution in [0.2, 0.25) is 0 Å². The third kappa shape index (κ3) is 3.55. The molecule has 0 radical (unpaired) electrons. The van der Waals surface area contributed by atoms with Crippen LogP contribution in [0.4, 0.5) is 0 Å². The van der Waals surface area contributed by atoms with Crippen LogP contribution < -0.4 is 5.32 Å². The molecule has 4 heteroatoms. The van der Waals surface area contributed by atoms with Crippen LogP contribution in [0.1, 0.15) is 18.4 Å². The Labute approximate surface area is 98.4 Å². The third-order valence-corrected chi connectivity index (χ3v) is 3.03. The van der Waals surface area contributed by atoms with E-state index in [2.05, 4.69) is 26.2 Å². The fourth-order valence-electron chi connectivity index (χ4n) is 1.67. The molecule has 1 fully saturated rings. The summed E-state index contributed by atoms with van der Waals surface area (Å²) < 4.78 is 6.68. The average Bonchev–Trinajstić information content (AvgIpc) is 2.30. The molecule has 0 bridgehead atoms. The topological polar surface area (TPSA) is 34.1 Å². The average molecular weight is 271 g/mol. The predicted molar refractivity (Wildman–Crippen MR) is 62.6 cm³/mol. The van der Waals surface area contributed by atoms with Gasteiger partial charge < -0.3 is 10.1 Å². The molecule has 3 nitrogen and oxygen atoms in total. The fraction of sp³-hybridized carbons (Fsp3) is 0.545. The molecule has 0 aromatic carbocycles. The van der Waals surface area contributed by atoms with Crippen LogP contribution in [-0.4, -0.2) is 24.2 Å². The second-order valence-electron chi connectivity index (χ2n) is 3.75. The Morgan fingerprint density at radius 3 is 2.87 bits per heavy atom. The van der Waals surface area contributed by atoms with Gasteiger partial charge in [-0.3, -0.25) is 0 Å². The predicted octanol–water partition coefficient (Wildman–Crippen LogP) is 2.11. The lowest BCUT2D eigenvalue weighted by Gasteiger charge is -2.22. The maximum Gasteiger partial charge on any atom is 0.106 e. The molecule has 1 saturated heterocycles. The molecule has 1 aromatic heterocycles. The molecular weight excluding hydrogens is 256 g/mol. The summed E-state index contributed by atoms with van der Waals surface area (Å²) in [7, 11) is 0. The van der Waals surface area contributed by atoms with Crippen LogP contribution in [0.3, 0.4) is 0 Å². The monoisotopic (exact) mass is 270 g/mol. The van der Waals surface area contributed by atoms with Crippen LogP contribution in [-0.2, 0) is 11.3 Å². The first-order chi connectivity index (χ1) is 7.34. The van der Waals surface area contributed by atoms with Gasteiger partial charge in [-0.2, -0.15) is 0 Å². The van der Waals surface area contributed by atoms with Crippen molar-refractivity contribution in [3.8, 4) is 0 Å². The molecule has 1 aliphatic heterocycles. The van der Waals surface area contributed by atoms with Crippen molar-refractivity contribution in [2.24, 2.45) is 0 Å². The van der Waals surface area contributed by atoms with Crippen molar-refractivity contribution in [3.63, 3.8) is 0 Å². The van der Waals surface area contributed by atoms with Crippen molar-refractivity contribution >= 4 is 15.9 Å². The van der Waals surface area contributed by atoms with Crippen molar-refractivity contribution in [2.45, 2.75) is 25.6 Å². The minimum atomic E-state index is 0.412. The minimum Gasteiger partial charge on any atom is -0.373 e. The molecule has 1 aliphatic rings. The molecule has 2 rings (SSSR count). The molecule has 1 N–H and O–H groups in total. The number of piperidine rings is 1. The highest BCUT2D eigenvalue weighted by Gasteiger charge is 2.12. The second-order valence-corrected chi connectivity index (χ2v) is 4.56. The van der Waals surface area contributed by atoms with E-state index in [0.29, 0.717) is 12.7 Å². The van der Waals surface area contributed by atoms with Crippen LogP contribution in [0.5, 0.6) is 0 Å². The zero-order valence-electron chi connectivity index (χ0n) is 8.58. The van der Waals surface area contributed by atoms with Gasteiger partial charge in [0.25, 0.3) is 0 Å². The quantitative estimate of drug-likeness (QED) is 0.855. The van der Waals surface area contributed by atoms with E-state index in [1.807, 2.05) is 18.3 Å². The Morgan fingerprint density at radius 2 is 2.20 bits per heavy atom. The van der Waals surface area contributed by atoms with Crippen LogP contribution in [0.15, 0.2) is 22.9 Å². The lowest BCUT2D eigenvalue weighted by molar-refractivity contribution is 0.0211. The van der Waals surface area contributed by atoms with Gasteiger partial charge in [-0.25, -0.2) is 4.98 Å². The zero-order valence-corrected chi connectivity index (χ0v) is 10.2. The van der Waals surface area contributed by atoms with Crippen LogP contribution >= 0.6 is 15.9 Å². The third-order valence-electron chi connectivity index (χ3n) is 2.56. The van der Waals surface area contributed by atoms with Crippen molar-refractivity contribution in [3.05, 3.63) is 28.5 Å². The number of ether oxygens (including phenoxy) is 1. The van der Waals surface area contributed by atoms with Gasteiger partial charge in [0.15, 0.2) is 0 Å². The molecule has 0 spiro atoms. The SMILES string of the molecule is Brc1ccc(COC2CCNCC2)cn1. The normalized spacial score (nSPS) is 17.9. The van der Waals surface area contributed by atoms with E-state index in [1.54, 1.807) is 0 Å². The Kier molecular flexibility index (Phi) is 4.11. The number of halogens is 1. The molecular formula is C11H15BrN2O. The van der Waals surface area contributed by atoms with E-state index >= 15 is 0 Å². The fourth-order valence-corrected chi connectivity index (χ4v) is 1.90. The first kappa shape index (κ1) is 11.0. The Morgan fingerprint density at radius 1 is 1.40 bits per heavy atom. The number of aromatic nitrogens is 1. The summed E-state index contributed by atoms with van der Waals surface area (Å²) >= 11 is 3.31.